The molecule has 1 amide bonds. The van der Waals surface area contributed by atoms with E-state index in [1.807, 2.05) is 0 Å². The summed E-state index contributed by atoms with van der Waals surface area (Å²) in [6.45, 7) is 0. The number of amides is 1. The Balaban J connectivity index is 2.89. The lowest BCUT2D eigenvalue weighted by Gasteiger charge is -2.09. The zero-order valence-corrected chi connectivity index (χ0v) is 6.69. The molecule has 0 aromatic heterocycles. The predicted octanol–water partition coefficient (Wildman–Crippen LogP) is 2.21. The Morgan fingerprint density at radius 3 is 2.25 bits per heavy atom. The van der Waals surface area contributed by atoms with E-state index in [0.717, 1.165) is 0 Å². The zero-order valence-electron chi connectivity index (χ0n) is 5.94. The fourth-order valence-electron chi connectivity index (χ4n) is 0.693. The monoisotopic (exact) mass is 187 g/mol. The van der Waals surface area contributed by atoms with E-state index in [4.69, 9.17) is 21.9 Å². The molecule has 0 unspecified atom stereocenters. The number of hydrogen-bond donors (Lipinski definition) is 2. The van der Waals surface area contributed by atoms with Crippen LogP contribution in [-0.4, -0.2) is 16.4 Å². The molecule has 0 atom stereocenters. The second-order valence-electron chi connectivity index (χ2n) is 2.07. The SMILES string of the molecule is O=C(O)N(O)c1ccc(Cl)cc1. The molecule has 0 saturated carbocycles. The van der Waals surface area contributed by atoms with E-state index in [0.29, 0.717) is 5.02 Å². The van der Waals surface area contributed by atoms with Crippen molar-refractivity contribution < 1.29 is 15.1 Å². The number of hydroxylamine groups is 1. The van der Waals surface area contributed by atoms with E-state index < -0.39 is 6.09 Å². The van der Waals surface area contributed by atoms with Crippen LogP contribution in [0.25, 0.3) is 0 Å². The number of nitrogens with zero attached hydrogens (tertiary/aromatic N) is 1. The van der Waals surface area contributed by atoms with Crippen LogP contribution in [0.2, 0.25) is 5.02 Å². The van der Waals surface area contributed by atoms with Crippen molar-refractivity contribution in [3.8, 4) is 0 Å². The molecule has 0 saturated heterocycles. The molecular weight excluding hydrogens is 182 g/mol. The maximum Gasteiger partial charge on any atom is 0.436 e. The number of hydrogen-bond acceptors (Lipinski definition) is 2. The van der Waals surface area contributed by atoms with Gasteiger partial charge in [-0.25, -0.2) is 4.79 Å². The number of rotatable bonds is 1. The third-order valence-electron chi connectivity index (χ3n) is 1.25. The van der Waals surface area contributed by atoms with E-state index in [1.165, 1.54) is 24.3 Å². The molecule has 0 aliphatic heterocycles. The maximum absolute atomic E-state index is 10.2. The summed E-state index contributed by atoms with van der Waals surface area (Å²) in [7, 11) is 0. The average molecular weight is 188 g/mol. The Morgan fingerprint density at radius 1 is 1.33 bits per heavy atom. The number of benzene rings is 1. The van der Waals surface area contributed by atoms with Crippen LogP contribution in [0.15, 0.2) is 24.3 Å². The third-order valence-corrected chi connectivity index (χ3v) is 1.50. The summed E-state index contributed by atoms with van der Waals surface area (Å²) in [6, 6.07) is 5.78. The Morgan fingerprint density at radius 2 is 1.83 bits per heavy atom. The van der Waals surface area contributed by atoms with Gasteiger partial charge < -0.3 is 5.11 Å². The first-order valence-electron chi connectivity index (χ1n) is 3.09. The van der Waals surface area contributed by atoms with Crippen LogP contribution < -0.4 is 5.06 Å². The van der Waals surface area contributed by atoms with Crippen molar-refractivity contribution in [1.29, 1.82) is 0 Å². The summed E-state index contributed by atoms with van der Waals surface area (Å²) in [5.41, 5.74) is 0.159. The van der Waals surface area contributed by atoms with Gasteiger partial charge in [-0.1, -0.05) is 11.6 Å². The van der Waals surface area contributed by atoms with Crippen molar-refractivity contribution >= 4 is 23.4 Å². The zero-order chi connectivity index (χ0) is 9.14. The van der Waals surface area contributed by atoms with Crippen molar-refractivity contribution in [2.24, 2.45) is 0 Å². The second-order valence-corrected chi connectivity index (χ2v) is 2.51. The molecule has 0 aliphatic rings. The summed E-state index contributed by atoms with van der Waals surface area (Å²) < 4.78 is 0. The molecule has 0 bridgehead atoms. The molecule has 0 heterocycles. The van der Waals surface area contributed by atoms with Gasteiger partial charge in [0.1, 0.15) is 0 Å². The molecule has 0 fully saturated rings. The van der Waals surface area contributed by atoms with E-state index in [2.05, 4.69) is 0 Å². The largest absolute Gasteiger partial charge is 0.463 e. The van der Waals surface area contributed by atoms with E-state index in [-0.39, 0.29) is 10.8 Å². The number of carbonyl (C=O) groups is 1. The van der Waals surface area contributed by atoms with Crippen molar-refractivity contribution in [1.82, 2.24) is 0 Å². The van der Waals surface area contributed by atoms with Crippen LogP contribution in [0.5, 0.6) is 0 Å². The maximum atomic E-state index is 10.2. The molecule has 4 nitrogen and oxygen atoms in total. The minimum atomic E-state index is -1.43. The minimum Gasteiger partial charge on any atom is -0.463 e. The fourth-order valence-corrected chi connectivity index (χ4v) is 0.819. The summed E-state index contributed by atoms with van der Waals surface area (Å²) >= 11 is 5.55. The van der Waals surface area contributed by atoms with Crippen molar-refractivity contribution in [3.05, 3.63) is 29.3 Å². The standard InChI is InChI=1S/C7H6ClNO3/c8-5-1-3-6(4-2-5)9(12)7(10)11/h1-4,12H,(H,10,11). The van der Waals surface area contributed by atoms with Crippen LogP contribution in [0.4, 0.5) is 10.5 Å². The predicted molar refractivity (Wildman–Crippen MR) is 43.7 cm³/mol. The Kier molecular flexibility index (Phi) is 2.52. The fraction of sp³-hybridized carbons (Fsp3) is 0. The Bertz CT molecular complexity index is 285. The van der Waals surface area contributed by atoms with E-state index >= 15 is 0 Å². The summed E-state index contributed by atoms with van der Waals surface area (Å²) in [4.78, 5) is 10.2. The average Bonchev–Trinajstić information content (AvgIpc) is 2.04. The molecule has 1 aromatic rings. The van der Waals surface area contributed by atoms with Crippen LogP contribution in [0, 0.1) is 0 Å². The number of halogens is 1. The molecule has 5 heteroatoms. The van der Waals surface area contributed by atoms with Crippen molar-refractivity contribution in [2.75, 3.05) is 5.06 Å². The van der Waals surface area contributed by atoms with Gasteiger partial charge >= 0.3 is 6.09 Å². The molecule has 1 rings (SSSR count). The van der Waals surface area contributed by atoms with Crippen LogP contribution >= 0.6 is 11.6 Å². The molecule has 0 radical (unpaired) electrons. The normalized spacial score (nSPS) is 9.50. The highest BCUT2D eigenvalue weighted by Crippen LogP contribution is 2.16. The van der Waals surface area contributed by atoms with Gasteiger partial charge in [-0.15, -0.1) is 0 Å². The highest BCUT2D eigenvalue weighted by atomic mass is 35.5. The van der Waals surface area contributed by atoms with Gasteiger partial charge in [0.05, 0.1) is 5.69 Å². The van der Waals surface area contributed by atoms with Gasteiger partial charge in [-0.05, 0) is 24.3 Å². The van der Waals surface area contributed by atoms with Crippen LogP contribution in [0.3, 0.4) is 0 Å². The lowest BCUT2D eigenvalue weighted by atomic mass is 10.3. The smallest absolute Gasteiger partial charge is 0.436 e. The van der Waals surface area contributed by atoms with Crippen molar-refractivity contribution in [3.63, 3.8) is 0 Å². The summed E-state index contributed by atoms with van der Waals surface area (Å²) in [6.07, 6.45) is -1.43. The highest BCUT2D eigenvalue weighted by Gasteiger charge is 2.09. The summed E-state index contributed by atoms with van der Waals surface area (Å²) in [5.74, 6) is 0. The van der Waals surface area contributed by atoms with Crippen molar-refractivity contribution in [2.45, 2.75) is 0 Å². The highest BCUT2D eigenvalue weighted by molar-refractivity contribution is 6.30. The Hall–Kier alpha value is -1.26. The van der Waals surface area contributed by atoms with E-state index in [1.54, 1.807) is 0 Å². The Labute approximate surface area is 73.6 Å². The molecular formula is C7H6ClNO3. The lowest BCUT2D eigenvalue weighted by Crippen LogP contribution is -2.24. The van der Waals surface area contributed by atoms with Crippen LogP contribution in [0.1, 0.15) is 0 Å². The molecule has 12 heavy (non-hydrogen) atoms. The molecule has 64 valence electrons. The first-order valence-corrected chi connectivity index (χ1v) is 3.46. The second kappa shape index (κ2) is 3.42. The van der Waals surface area contributed by atoms with Gasteiger partial charge in [0.25, 0.3) is 0 Å². The molecule has 1 aromatic carbocycles. The number of carboxylic acid groups (broad SMARTS) is 1. The topological polar surface area (TPSA) is 60.8 Å². The minimum absolute atomic E-state index is 0.121. The molecule has 0 spiro atoms. The van der Waals surface area contributed by atoms with Crippen LogP contribution in [-0.2, 0) is 0 Å². The van der Waals surface area contributed by atoms with Gasteiger partial charge in [0.2, 0.25) is 0 Å². The quantitative estimate of drug-likeness (QED) is 0.524. The summed E-state index contributed by atoms with van der Waals surface area (Å²) in [5, 5.41) is 17.8. The lowest BCUT2D eigenvalue weighted by molar-refractivity contribution is 0.160. The van der Waals surface area contributed by atoms with Gasteiger partial charge in [-0.3, -0.25) is 5.21 Å². The van der Waals surface area contributed by atoms with E-state index in [9.17, 15) is 4.79 Å². The molecule has 0 aliphatic carbocycles. The van der Waals surface area contributed by atoms with Gasteiger partial charge in [0.15, 0.2) is 0 Å². The first-order chi connectivity index (χ1) is 5.61. The van der Waals surface area contributed by atoms with Gasteiger partial charge in [0, 0.05) is 5.02 Å². The third kappa shape index (κ3) is 1.87. The van der Waals surface area contributed by atoms with Gasteiger partial charge in [-0.2, -0.15) is 5.06 Å². The number of anilines is 1. The molecule has 2 N–H and O–H groups in total. The first kappa shape index (κ1) is 8.83.